The molecule has 0 aromatic carbocycles. The Morgan fingerprint density at radius 1 is 0.257 bits per heavy atom. The van der Waals surface area contributed by atoms with E-state index in [-0.39, 0.29) is 18.5 Å². The number of ether oxygens (including phenoxy) is 3. The van der Waals surface area contributed by atoms with Gasteiger partial charge in [0.25, 0.3) is 0 Å². The summed E-state index contributed by atoms with van der Waals surface area (Å²) < 4.78 is 17.6. The van der Waals surface area contributed by atoms with Crippen LogP contribution in [0.3, 0.4) is 0 Å². The first kappa shape index (κ1) is 68.9. The fraction of sp³-hybridized carbons (Fsp3) is 0.969. The van der Waals surface area contributed by atoms with Crippen molar-refractivity contribution in [3.8, 4) is 0 Å². The summed E-state index contributed by atoms with van der Waals surface area (Å²) in [5.41, 5.74) is 0. The summed E-state index contributed by atoms with van der Waals surface area (Å²) in [5.74, 6) is -0.359. The van der Waals surface area contributed by atoms with Gasteiger partial charge in [0.2, 0.25) is 0 Å². The fourth-order valence-electron chi connectivity index (χ4n) is 10.3. The monoisotopic (exact) mass is 989 g/mol. The van der Waals surface area contributed by atoms with Crippen molar-refractivity contribution in [1.82, 2.24) is 0 Å². The van der Waals surface area contributed by atoms with E-state index in [0.29, 0.717) is 26.1 Å². The quantitative estimate of drug-likeness (QED) is 0.0449. The zero-order valence-electron chi connectivity index (χ0n) is 48.3. The standard InChI is InChI=1S/C65H128O5/c1-4-7-10-13-16-19-22-25-28-31-33-35-37-40-43-46-49-52-55-58-64(66)69-62-63(61-68-60-57-54-51-48-45-42-39-30-27-24-21-18-15-12-9-6-3)70-65(67)59-56-53-50-47-44-41-38-36-34-32-29-26-23-20-17-14-11-8-5-2/h63H,4-62H2,1-3H3. The summed E-state index contributed by atoms with van der Waals surface area (Å²) in [4.78, 5) is 25.6. The number of hydrogen-bond donors (Lipinski definition) is 0. The zero-order valence-corrected chi connectivity index (χ0v) is 48.3. The Morgan fingerprint density at radius 2 is 0.471 bits per heavy atom. The van der Waals surface area contributed by atoms with E-state index in [1.165, 1.54) is 315 Å². The molecule has 0 bridgehead atoms. The SMILES string of the molecule is CCCCCCCCCCCCCCCCCCCCCC(=O)OCC(COCCCCCCCCCCCCCCCCCC)OC(=O)CCCCCCCCCCCCCCCCCCCCC. The van der Waals surface area contributed by atoms with E-state index in [2.05, 4.69) is 20.8 Å². The lowest BCUT2D eigenvalue weighted by Gasteiger charge is -2.18. The van der Waals surface area contributed by atoms with Crippen LogP contribution in [-0.4, -0.2) is 37.9 Å². The van der Waals surface area contributed by atoms with Crippen LogP contribution in [0.1, 0.15) is 380 Å². The van der Waals surface area contributed by atoms with Gasteiger partial charge in [-0.25, -0.2) is 0 Å². The van der Waals surface area contributed by atoms with Crippen molar-refractivity contribution in [2.75, 3.05) is 19.8 Å². The van der Waals surface area contributed by atoms with Crippen molar-refractivity contribution in [1.29, 1.82) is 0 Å². The van der Waals surface area contributed by atoms with Crippen LogP contribution in [-0.2, 0) is 23.8 Å². The van der Waals surface area contributed by atoms with E-state index in [1.54, 1.807) is 0 Å². The van der Waals surface area contributed by atoms with Crippen LogP contribution in [0, 0.1) is 0 Å². The summed E-state index contributed by atoms with van der Waals surface area (Å²) in [5, 5.41) is 0. The van der Waals surface area contributed by atoms with Gasteiger partial charge in [0.05, 0.1) is 6.61 Å². The molecule has 0 fully saturated rings. The van der Waals surface area contributed by atoms with Crippen LogP contribution in [0.15, 0.2) is 0 Å². The molecule has 418 valence electrons. The van der Waals surface area contributed by atoms with Crippen molar-refractivity contribution >= 4 is 11.9 Å². The average Bonchev–Trinajstić information content (AvgIpc) is 3.36. The Balaban J connectivity index is 4.17. The average molecular weight is 990 g/mol. The topological polar surface area (TPSA) is 61.8 Å². The number of hydrogen-bond acceptors (Lipinski definition) is 5. The molecule has 0 aliphatic rings. The third-order valence-corrected chi connectivity index (χ3v) is 15.1. The maximum atomic E-state index is 12.9. The molecule has 70 heavy (non-hydrogen) atoms. The first-order valence-electron chi connectivity index (χ1n) is 32.6. The van der Waals surface area contributed by atoms with Crippen LogP contribution < -0.4 is 0 Å². The van der Waals surface area contributed by atoms with Crippen LogP contribution >= 0.6 is 0 Å². The highest BCUT2D eigenvalue weighted by molar-refractivity contribution is 5.70. The maximum absolute atomic E-state index is 12.9. The lowest BCUT2D eigenvalue weighted by Crippen LogP contribution is -2.30. The van der Waals surface area contributed by atoms with Crippen molar-refractivity contribution in [3.63, 3.8) is 0 Å². The van der Waals surface area contributed by atoms with E-state index in [1.807, 2.05) is 0 Å². The van der Waals surface area contributed by atoms with Gasteiger partial charge in [-0.1, -0.05) is 348 Å². The number of carbonyl (C=O) groups excluding carboxylic acids is 2. The zero-order chi connectivity index (χ0) is 50.6. The lowest BCUT2D eigenvalue weighted by atomic mass is 10.0. The molecule has 0 aliphatic carbocycles. The Kier molecular flexibility index (Phi) is 61.2. The largest absolute Gasteiger partial charge is 0.462 e. The van der Waals surface area contributed by atoms with Crippen molar-refractivity contribution in [2.24, 2.45) is 0 Å². The van der Waals surface area contributed by atoms with E-state index in [9.17, 15) is 9.59 Å². The Morgan fingerprint density at radius 3 is 0.729 bits per heavy atom. The van der Waals surface area contributed by atoms with Gasteiger partial charge >= 0.3 is 11.9 Å². The number of esters is 2. The second-order valence-corrected chi connectivity index (χ2v) is 22.4. The molecule has 0 aromatic rings. The molecule has 0 radical (unpaired) electrons. The van der Waals surface area contributed by atoms with Crippen molar-refractivity contribution < 1.29 is 23.8 Å². The third-order valence-electron chi connectivity index (χ3n) is 15.1. The van der Waals surface area contributed by atoms with Gasteiger partial charge in [-0.15, -0.1) is 0 Å². The molecule has 0 aromatic heterocycles. The molecular weight excluding hydrogens is 861 g/mol. The minimum Gasteiger partial charge on any atom is -0.462 e. The Labute approximate surface area is 440 Å². The summed E-state index contributed by atoms with van der Waals surface area (Å²) in [6.07, 6.45) is 72.9. The van der Waals surface area contributed by atoms with E-state index in [4.69, 9.17) is 14.2 Å². The maximum Gasteiger partial charge on any atom is 0.306 e. The van der Waals surface area contributed by atoms with Gasteiger partial charge in [-0.05, 0) is 19.3 Å². The Bertz CT molecular complexity index is 983. The molecule has 1 unspecified atom stereocenters. The fourth-order valence-corrected chi connectivity index (χ4v) is 10.3. The predicted octanol–water partition coefficient (Wildman–Crippen LogP) is 22.4. The molecule has 0 spiro atoms. The van der Waals surface area contributed by atoms with Gasteiger partial charge in [0, 0.05) is 19.4 Å². The molecule has 5 nitrogen and oxygen atoms in total. The third kappa shape index (κ3) is 59.5. The molecule has 0 aliphatic heterocycles. The van der Waals surface area contributed by atoms with Crippen LogP contribution in [0.5, 0.6) is 0 Å². The van der Waals surface area contributed by atoms with Gasteiger partial charge in [-0.2, -0.15) is 0 Å². The minimum absolute atomic E-state index is 0.0991. The lowest BCUT2D eigenvalue weighted by molar-refractivity contribution is -0.163. The molecule has 0 heterocycles. The van der Waals surface area contributed by atoms with Crippen molar-refractivity contribution in [2.45, 2.75) is 386 Å². The van der Waals surface area contributed by atoms with E-state index >= 15 is 0 Å². The summed E-state index contributed by atoms with van der Waals surface area (Å²) >= 11 is 0. The second kappa shape index (κ2) is 62.2. The second-order valence-electron chi connectivity index (χ2n) is 22.4. The van der Waals surface area contributed by atoms with Crippen LogP contribution in [0.25, 0.3) is 0 Å². The smallest absolute Gasteiger partial charge is 0.306 e. The summed E-state index contributed by atoms with van der Waals surface area (Å²) in [6, 6.07) is 0. The predicted molar refractivity (Wildman–Crippen MR) is 307 cm³/mol. The molecule has 0 saturated carbocycles. The van der Waals surface area contributed by atoms with Crippen molar-refractivity contribution in [3.05, 3.63) is 0 Å². The number of unbranched alkanes of at least 4 members (excludes halogenated alkanes) is 51. The summed E-state index contributed by atoms with van der Waals surface area (Å²) in [6.45, 7) is 7.95. The number of carbonyl (C=O) groups is 2. The first-order chi connectivity index (χ1) is 34.6. The molecular formula is C65H128O5. The van der Waals surface area contributed by atoms with Gasteiger partial charge in [0.1, 0.15) is 6.61 Å². The van der Waals surface area contributed by atoms with Gasteiger partial charge in [-0.3, -0.25) is 9.59 Å². The molecule has 1 atom stereocenters. The van der Waals surface area contributed by atoms with Gasteiger partial charge in [0.15, 0.2) is 6.10 Å². The number of rotatable bonds is 62. The summed E-state index contributed by atoms with van der Waals surface area (Å²) in [7, 11) is 0. The van der Waals surface area contributed by atoms with Gasteiger partial charge < -0.3 is 14.2 Å². The molecule has 5 heteroatoms. The highest BCUT2D eigenvalue weighted by atomic mass is 16.6. The highest BCUT2D eigenvalue weighted by Crippen LogP contribution is 2.19. The normalized spacial score (nSPS) is 12.0. The van der Waals surface area contributed by atoms with E-state index in [0.717, 1.165) is 32.1 Å². The Hall–Kier alpha value is -1.10. The minimum atomic E-state index is -0.525. The van der Waals surface area contributed by atoms with E-state index < -0.39 is 6.10 Å². The molecule has 0 saturated heterocycles. The highest BCUT2D eigenvalue weighted by Gasteiger charge is 2.18. The van der Waals surface area contributed by atoms with Crippen LogP contribution in [0.4, 0.5) is 0 Å². The van der Waals surface area contributed by atoms with Crippen LogP contribution in [0.2, 0.25) is 0 Å². The molecule has 0 N–H and O–H groups in total. The molecule has 0 rings (SSSR count). The molecule has 0 amide bonds. The first-order valence-corrected chi connectivity index (χ1v) is 32.6.